The molecule has 92 valence electrons. The van der Waals surface area contributed by atoms with E-state index in [1.807, 2.05) is 0 Å². The smallest absolute Gasteiger partial charge is 0.303 e. The Labute approximate surface area is 100 Å². The van der Waals surface area contributed by atoms with Crippen molar-refractivity contribution < 1.29 is 28.2 Å². The zero-order valence-corrected chi connectivity index (χ0v) is 10.4. The van der Waals surface area contributed by atoms with Gasteiger partial charge >= 0.3 is 11.9 Å². The largest absolute Gasteiger partial charge is 0.463 e. The van der Waals surface area contributed by atoms with Crippen LogP contribution in [0.4, 0.5) is 4.39 Å². The number of carbonyl (C=O) groups is 2. The maximum Gasteiger partial charge on any atom is 0.303 e. The van der Waals surface area contributed by atoms with E-state index in [4.69, 9.17) is 14.2 Å². The number of esters is 2. The lowest BCUT2D eigenvalue weighted by molar-refractivity contribution is -0.155. The van der Waals surface area contributed by atoms with Crippen LogP contribution in [-0.2, 0) is 23.8 Å². The van der Waals surface area contributed by atoms with Gasteiger partial charge in [0.2, 0.25) is 0 Å². The quantitative estimate of drug-likeness (QED) is 0.573. The zero-order chi connectivity index (χ0) is 12.3. The van der Waals surface area contributed by atoms with Crippen LogP contribution >= 0.6 is 15.9 Å². The summed E-state index contributed by atoms with van der Waals surface area (Å²) in [7, 11) is 0. The van der Waals surface area contributed by atoms with Gasteiger partial charge in [-0.05, 0) is 0 Å². The van der Waals surface area contributed by atoms with Gasteiger partial charge in [0.15, 0.2) is 12.3 Å². The molecular formula is C9H12BrFO5. The van der Waals surface area contributed by atoms with Gasteiger partial charge in [-0.25, -0.2) is 4.39 Å². The van der Waals surface area contributed by atoms with Gasteiger partial charge in [0.1, 0.15) is 17.7 Å². The average molecular weight is 299 g/mol. The van der Waals surface area contributed by atoms with Crippen LogP contribution < -0.4 is 0 Å². The summed E-state index contributed by atoms with van der Waals surface area (Å²) in [6.07, 6.45) is -3.32. The average Bonchev–Trinajstić information content (AvgIpc) is 2.42. The summed E-state index contributed by atoms with van der Waals surface area (Å²) < 4.78 is 28.1. The molecule has 0 aromatic rings. The molecule has 4 atom stereocenters. The highest BCUT2D eigenvalue weighted by atomic mass is 79.9. The van der Waals surface area contributed by atoms with Crippen LogP contribution in [0.15, 0.2) is 0 Å². The van der Waals surface area contributed by atoms with Crippen LogP contribution in [0.5, 0.6) is 0 Å². The number of halogens is 2. The molecule has 1 saturated heterocycles. The summed E-state index contributed by atoms with van der Waals surface area (Å²) in [4.78, 5) is 21.4. The van der Waals surface area contributed by atoms with E-state index < -0.39 is 35.3 Å². The van der Waals surface area contributed by atoms with Gasteiger partial charge in [0, 0.05) is 13.8 Å². The first kappa shape index (κ1) is 13.4. The Bertz CT molecular complexity index is 285. The molecule has 1 fully saturated rings. The second-order valence-electron chi connectivity index (χ2n) is 3.35. The first-order chi connectivity index (χ1) is 7.41. The Morgan fingerprint density at radius 3 is 2.50 bits per heavy atom. The van der Waals surface area contributed by atoms with E-state index >= 15 is 0 Å². The monoisotopic (exact) mass is 298 g/mol. The molecule has 0 N–H and O–H groups in total. The van der Waals surface area contributed by atoms with Crippen molar-refractivity contribution in [1.29, 1.82) is 0 Å². The van der Waals surface area contributed by atoms with Crippen molar-refractivity contribution in [2.75, 3.05) is 6.61 Å². The molecule has 1 rings (SSSR count). The SMILES string of the molecule is CC(=O)OCC1OC(Br)C(F)C1OC(C)=O. The fraction of sp³-hybridized carbons (Fsp3) is 0.778. The Hall–Kier alpha value is -0.690. The predicted molar refractivity (Wildman–Crippen MR) is 54.7 cm³/mol. The molecule has 7 heteroatoms. The molecule has 5 nitrogen and oxygen atoms in total. The molecule has 0 amide bonds. The van der Waals surface area contributed by atoms with Gasteiger partial charge < -0.3 is 14.2 Å². The van der Waals surface area contributed by atoms with E-state index in [9.17, 15) is 14.0 Å². The van der Waals surface area contributed by atoms with Crippen LogP contribution in [0.25, 0.3) is 0 Å². The minimum atomic E-state index is -1.48. The predicted octanol–water partition coefficient (Wildman–Crippen LogP) is 0.939. The second kappa shape index (κ2) is 5.58. The van der Waals surface area contributed by atoms with Crippen molar-refractivity contribution in [3.05, 3.63) is 0 Å². The van der Waals surface area contributed by atoms with Gasteiger partial charge in [0.05, 0.1) is 0 Å². The maximum absolute atomic E-state index is 13.5. The maximum atomic E-state index is 13.5. The number of carbonyl (C=O) groups excluding carboxylic acids is 2. The molecule has 0 bridgehead atoms. The Morgan fingerprint density at radius 2 is 2.00 bits per heavy atom. The standard InChI is InChI=1S/C9H12BrFO5/c1-4(12)14-3-6-8(15-5(2)13)7(11)9(10)16-6/h6-9H,3H2,1-2H3. The summed E-state index contributed by atoms with van der Waals surface area (Å²) in [6, 6.07) is 0. The highest BCUT2D eigenvalue weighted by Gasteiger charge is 2.46. The first-order valence-electron chi connectivity index (χ1n) is 4.66. The number of ether oxygens (including phenoxy) is 3. The van der Waals surface area contributed by atoms with Gasteiger partial charge in [-0.1, -0.05) is 15.9 Å². The van der Waals surface area contributed by atoms with E-state index in [1.165, 1.54) is 13.8 Å². The van der Waals surface area contributed by atoms with Crippen LogP contribution in [0.2, 0.25) is 0 Å². The van der Waals surface area contributed by atoms with Crippen LogP contribution in [-0.4, -0.2) is 41.9 Å². The summed E-state index contributed by atoms with van der Waals surface area (Å²) in [5, 5.41) is -0.864. The van der Waals surface area contributed by atoms with Gasteiger partial charge in [0.25, 0.3) is 0 Å². The molecule has 1 aliphatic rings. The Balaban J connectivity index is 2.59. The third kappa shape index (κ3) is 3.41. The summed E-state index contributed by atoms with van der Waals surface area (Å²) in [5.41, 5.74) is 0. The van der Waals surface area contributed by atoms with E-state index in [2.05, 4.69) is 15.9 Å². The molecule has 0 aliphatic carbocycles. The summed E-state index contributed by atoms with van der Waals surface area (Å²) in [6.45, 7) is 2.27. The number of hydrogen-bond acceptors (Lipinski definition) is 5. The van der Waals surface area contributed by atoms with E-state index in [-0.39, 0.29) is 6.61 Å². The number of hydrogen-bond donors (Lipinski definition) is 0. The lowest BCUT2D eigenvalue weighted by Crippen LogP contribution is -2.36. The third-order valence-electron chi connectivity index (χ3n) is 1.99. The second-order valence-corrected chi connectivity index (χ2v) is 4.25. The lowest BCUT2D eigenvalue weighted by atomic mass is 10.2. The highest BCUT2D eigenvalue weighted by molar-refractivity contribution is 9.09. The minimum absolute atomic E-state index is 0.143. The minimum Gasteiger partial charge on any atom is -0.463 e. The normalized spacial score (nSPS) is 33.5. The van der Waals surface area contributed by atoms with E-state index in [0.29, 0.717) is 0 Å². The Morgan fingerprint density at radius 1 is 1.38 bits per heavy atom. The van der Waals surface area contributed by atoms with E-state index in [0.717, 1.165) is 0 Å². The number of alkyl halides is 2. The molecule has 16 heavy (non-hydrogen) atoms. The zero-order valence-electron chi connectivity index (χ0n) is 8.81. The Kier molecular flexibility index (Phi) is 4.67. The van der Waals surface area contributed by atoms with Crippen molar-refractivity contribution in [1.82, 2.24) is 0 Å². The molecule has 0 radical (unpaired) electrons. The summed E-state index contributed by atoms with van der Waals surface area (Å²) in [5.74, 6) is -1.11. The lowest BCUT2D eigenvalue weighted by Gasteiger charge is -2.18. The summed E-state index contributed by atoms with van der Waals surface area (Å²) >= 11 is 2.95. The van der Waals surface area contributed by atoms with Gasteiger partial charge in [-0.3, -0.25) is 9.59 Å². The fourth-order valence-corrected chi connectivity index (χ4v) is 1.92. The van der Waals surface area contributed by atoms with Gasteiger partial charge in [-0.2, -0.15) is 0 Å². The van der Waals surface area contributed by atoms with Crippen molar-refractivity contribution >= 4 is 27.9 Å². The van der Waals surface area contributed by atoms with Crippen molar-refractivity contribution in [2.45, 2.75) is 37.2 Å². The van der Waals surface area contributed by atoms with E-state index in [1.54, 1.807) is 0 Å². The van der Waals surface area contributed by atoms with Gasteiger partial charge in [-0.15, -0.1) is 0 Å². The van der Waals surface area contributed by atoms with Crippen molar-refractivity contribution in [3.8, 4) is 0 Å². The van der Waals surface area contributed by atoms with Crippen LogP contribution in [0.1, 0.15) is 13.8 Å². The fourth-order valence-electron chi connectivity index (χ4n) is 1.34. The molecule has 0 spiro atoms. The molecule has 0 aromatic carbocycles. The van der Waals surface area contributed by atoms with Crippen LogP contribution in [0, 0.1) is 0 Å². The van der Waals surface area contributed by atoms with Crippen molar-refractivity contribution in [3.63, 3.8) is 0 Å². The van der Waals surface area contributed by atoms with Crippen LogP contribution in [0.3, 0.4) is 0 Å². The molecule has 0 saturated carbocycles. The van der Waals surface area contributed by atoms with Crippen molar-refractivity contribution in [2.24, 2.45) is 0 Å². The molecular weight excluding hydrogens is 287 g/mol. The third-order valence-corrected chi connectivity index (χ3v) is 2.71. The topological polar surface area (TPSA) is 61.8 Å². The first-order valence-corrected chi connectivity index (χ1v) is 5.57. The molecule has 0 aromatic heterocycles. The number of rotatable bonds is 3. The molecule has 1 heterocycles. The highest BCUT2D eigenvalue weighted by Crippen LogP contribution is 2.30. The molecule has 1 aliphatic heterocycles. The molecule has 4 unspecified atom stereocenters.